The molecule has 7 nitrogen and oxygen atoms in total. The predicted molar refractivity (Wildman–Crippen MR) is 97.8 cm³/mol. The van der Waals surface area contributed by atoms with Crippen LogP contribution >= 0.6 is 0 Å². The largest absolute Gasteiger partial charge is 0.494 e. The molecule has 1 heterocycles. The van der Waals surface area contributed by atoms with Crippen LogP contribution in [0.5, 0.6) is 5.75 Å². The van der Waals surface area contributed by atoms with E-state index in [-0.39, 0.29) is 6.54 Å². The Bertz CT molecular complexity index is 709. The fourth-order valence-electron chi connectivity index (χ4n) is 2.07. The Labute approximate surface area is 152 Å². The highest BCUT2D eigenvalue weighted by atomic mass is 16.5. The van der Waals surface area contributed by atoms with Gasteiger partial charge < -0.3 is 14.5 Å². The molecule has 26 heavy (non-hydrogen) atoms. The maximum Gasteiger partial charge on any atom is 0.329 e. The standard InChI is InChI=1S/C19H23N3O4/c1-2-3-4-11-25-16-9-7-15(8-10-16)13-21-22-19(24)18(23)20-14-17-6-5-12-26-17/h5-10,12-13H,2-4,11,14H2,1H3,(H,20,23)(H,22,24). The molecular formula is C19H23N3O4. The van der Waals surface area contributed by atoms with Crippen molar-refractivity contribution in [2.45, 2.75) is 32.7 Å². The zero-order chi connectivity index (χ0) is 18.6. The molecule has 0 unspecified atom stereocenters. The van der Waals surface area contributed by atoms with Gasteiger partial charge in [0.2, 0.25) is 0 Å². The molecule has 2 rings (SSSR count). The summed E-state index contributed by atoms with van der Waals surface area (Å²) in [5, 5.41) is 6.21. The van der Waals surface area contributed by atoms with Gasteiger partial charge in [-0.3, -0.25) is 9.59 Å². The van der Waals surface area contributed by atoms with E-state index in [1.165, 1.54) is 12.5 Å². The summed E-state index contributed by atoms with van der Waals surface area (Å²) in [6, 6.07) is 10.7. The molecule has 1 aromatic carbocycles. The van der Waals surface area contributed by atoms with Crippen molar-refractivity contribution in [1.29, 1.82) is 0 Å². The van der Waals surface area contributed by atoms with Crippen LogP contribution in [0.3, 0.4) is 0 Å². The average molecular weight is 357 g/mol. The van der Waals surface area contributed by atoms with Crippen LogP contribution in [0.15, 0.2) is 52.2 Å². The number of rotatable bonds is 9. The van der Waals surface area contributed by atoms with Crippen molar-refractivity contribution in [3.05, 3.63) is 54.0 Å². The van der Waals surface area contributed by atoms with Gasteiger partial charge in [-0.05, 0) is 48.4 Å². The monoisotopic (exact) mass is 357 g/mol. The molecule has 0 atom stereocenters. The summed E-state index contributed by atoms with van der Waals surface area (Å²) in [5.41, 5.74) is 2.96. The number of ether oxygens (including phenoxy) is 1. The number of amides is 2. The topological polar surface area (TPSA) is 92.9 Å². The highest BCUT2D eigenvalue weighted by Gasteiger charge is 2.12. The van der Waals surface area contributed by atoms with Gasteiger partial charge in [0.1, 0.15) is 11.5 Å². The van der Waals surface area contributed by atoms with Crippen molar-refractivity contribution in [2.24, 2.45) is 5.10 Å². The third kappa shape index (κ3) is 6.80. The molecule has 0 bridgehead atoms. The molecule has 0 radical (unpaired) electrons. The maximum absolute atomic E-state index is 11.6. The summed E-state index contributed by atoms with van der Waals surface area (Å²) >= 11 is 0. The van der Waals surface area contributed by atoms with Crippen LogP contribution in [0.2, 0.25) is 0 Å². The molecule has 0 saturated heterocycles. The minimum absolute atomic E-state index is 0.142. The number of unbranched alkanes of at least 4 members (excludes halogenated alkanes) is 2. The van der Waals surface area contributed by atoms with Crippen LogP contribution in [-0.4, -0.2) is 24.6 Å². The molecule has 1 aromatic heterocycles. The SMILES string of the molecule is CCCCCOc1ccc(C=NNC(=O)C(=O)NCc2ccco2)cc1. The van der Waals surface area contributed by atoms with Gasteiger partial charge in [0.05, 0.1) is 25.6 Å². The first-order valence-electron chi connectivity index (χ1n) is 8.55. The second-order valence-corrected chi connectivity index (χ2v) is 5.59. The lowest BCUT2D eigenvalue weighted by Gasteiger charge is -2.05. The normalized spacial score (nSPS) is 10.7. The number of nitrogens with one attached hydrogen (secondary N) is 2. The summed E-state index contributed by atoms with van der Waals surface area (Å²) in [5.74, 6) is -0.274. The van der Waals surface area contributed by atoms with Crippen molar-refractivity contribution in [1.82, 2.24) is 10.7 Å². The maximum atomic E-state index is 11.6. The highest BCUT2D eigenvalue weighted by molar-refractivity contribution is 6.35. The van der Waals surface area contributed by atoms with Crippen LogP contribution in [0.1, 0.15) is 37.5 Å². The molecule has 0 saturated carbocycles. The van der Waals surface area contributed by atoms with E-state index in [2.05, 4.69) is 22.8 Å². The quantitative estimate of drug-likeness (QED) is 0.312. The molecule has 0 aliphatic heterocycles. The number of nitrogens with zero attached hydrogens (tertiary/aromatic N) is 1. The van der Waals surface area contributed by atoms with Gasteiger partial charge >= 0.3 is 11.8 Å². The van der Waals surface area contributed by atoms with Gasteiger partial charge in [0, 0.05) is 0 Å². The average Bonchev–Trinajstić information content (AvgIpc) is 3.18. The third-order valence-corrected chi connectivity index (χ3v) is 3.49. The summed E-state index contributed by atoms with van der Waals surface area (Å²) in [4.78, 5) is 23.2. The fourth-order valence-corrected chi connectivity index (χ4v) is 2.07. The van der Waals surface area contributed by atoms with Crippen LogP contribution in [0.4, 0.5) is 0 Å². The van der Waals surface area contributed by atoms with Crippen molar-refractivity contribution < 1.29 is 18.7 Å². The Morgan fingerprint density at radius 3 is 2.65 bits per heavy atom. The minimum atomic E-state index is -0.844. The lowest BCUT2D eigenvalue weighted by Crippen LogP contribution is -2.37. The van der Waals surface area contributed by atoms with Gasteiger partial charge in [-0.25, -0.2) is 5.43 Å². The number of benzene rings is 1. The lowest BCUT2D eigenvalue weighted by molar-refractivity contribution is -0.139. The van der Waals surface area contributed by atoms with Crippen LogP contribution in [-0.2, 0) is 16.1 Å². The van der Waals surface area contributed by atoms with Gasteiger partial charge in [0.15, 0.2) is 0 Å². The Kier molecular flexibility index (Phi) is 7.92. The van der Waals surface area contributed by atoms with E-state index in [0.717, 1.165) is 30.6 Å². The number of furan rings is 1. The van der Waals surface area contributed by atoms with E-state index in [1.54, 1.807) is 12.1 Å². The number of carbonyl (C=O) groups excluding carboxylic acids is 2. The second kappa shape index (κ2) is 10.7. The summed E-state index contributed by atoms with van der Waals surface area (Å²) in [6.07, 6.45) is 6.30. The molecule has 2 amide bonds. The molecule has 0 spiro atoms. The lowest BCUT2D eigenvalue weighted by atomic mass is 10.2. The van der Waals surface area contributed by atoms with Gasteiger partial charge in [-0.2, -0.15) is 5.10 Å². The number of hydrogen-bond donors (Lipinski definition) is 2. The molecule has 0 aliphatic carbocycles. The second-order valence-electron chi connectivity index (χ2n) is 5.59. The van der Waals surface area contributed by atoms with Gasteiger partial charge in [-0.15, -0.1) is 0 Å². The number of carbonyl (C=O) groups is 2. The van der Waals surface area contributed by atoms with Crippen LogP contribution in [0, 0.1) is 0 Å². The van der Waals surface area contributed by atoms with E-state index in [9.17, 15) is 9.59 Å². The highest BCUT2D eigenvalue weighted by Crippen LogP contribution is 2.11. The van der Waals surface area contributed by atoms with Crippen molar-refractivity contribution in [3.63, 3.8) is 0 Å². The molecular weight excluding hydrogens is 334 g/mol. The first kappa shape index (κ1) is 19.2. The predicted octanol–water partition coefficient (Wildman–Crippen LogP) is 2.62. The van der Waals surface area contributed by atoms with E-state index >= 15 is 0 Å². The van der Waals surface area contributed by atoms with E-state index < -0.39 is 11.8 Å². The van der Waals surface area contributed by atoms with Crippen molar-refractivity contribution >= 4 is 18.0 Å². The first-order chi connectivity index (χ1) is 12.7. The zero-order valence-corrected chi connectivity index (χ0v) is 14.7. The summed E-state index contributed by atoms with van der Waals surface area (Å²) in [7, 11) is 0. The fraction of sp³-hybridized carbons (Fsp3) is 0.316. The summed E-state index contributed by atoms with van der Waals surface area (Å²) < 4.78 is 10.7. The molecule has 0 fully saturated rings. The van der Waals surface area contributed by atoms with Crippen LogP contribution in [0.25, 0.3) is 0 Å². The number of hydrazone groups is 1. The Morgan fingerprint density at radius 1 is 1.15 bits per heavy atom. The smallest absolute Gasteiger partial charge is 0.329 e. The van der Waals surface area contributed by atoms with Gasteiger partial charge in [-0.1, -0.05) is 19.8 Å². The Hall–Kier alpha value is -3.09. The third-order valence-electron chi connectivity index (χ3n) is 3.49. The van der Waals surface area contributed by atoms with E-state index in [1.807, 2.05) is 24.3 Å². The summed E-state index contributed by atoms with van der Waals surface area (Å²) in [6.45, 7) is 2.99. The molecule has 2 N–H and O–H groups in total. The van der Waals surface area contributed by atoms with Crippen LogP contribution < -0.4 is 15.5 Å². The molecule has 138 valence electrons. The Balaban J connectivity index is 1.71. The van der Waals surface area contributed by atoms with Crippen molar-refractivity contribution in [2.75, 3.05) is 6.61 Å². The molecule has 2 aromatic rings. The van der Waals surface area contributed by atoms with E-state index in [0.29, 0.717) is 12.4 Å². The molecule has 0 aliphatic rings. The zero-order valence-electron chi connectivity index (χ0n) is 14.7. The number of hydrogen-bond acceptors (Lipinski definition) is 5. The molecule has 7 heteroatoms. The minimum Gasteiger partial charge on any atom is -0.494 e. The van der Waals surface area contributed by atoms with Crippen molar-refractivity contribution in [3.8, 4) is 5.75 Å². The van der Waals surface area contributed by atoms with E-state index in [4.69, 9.17) is 9.15 Å². The Morgan fingerprint density at radius 2 is 1.96 bits per heavy atom. The van der Waals surface area contributed by atoms with Gasteiger partial charge in [0.25, 0.3) is 0 Å². The first-order valence-corrected chi connectivity index (χ1v) is 8.55.